The summed E-state index contributed by atoms with van der Waals surface area (Å²) >= 11 is 0. The highest BCUT2D eigenvalue weighted by Crippen LogP contribution is 2.17. The van der Waals surface area contributed by atoms with Crippen molar-refractivity contribution in [3.8, 4) is 0 Å². The molecule has 17 heavy (non-hydrogen) atoms. The Hall–Kier alpha value is -1.83. The van der Waals surface area contributed by atoms with Crippen molar-refractivity contribution in [1.82, 2.24) is 0 Å². The fourth-order valence-electron chi connectivity index (χ4n) is 1.77. The molecule has 0 spiro atoms. The fourth-order valence-corrected chi connectivity index (χ4v) is 1.77. The SMILES string of the molecule is Cc1ccc(C)c(NCc2cccc(F)c2)c1. The van der Waals surface area contributed by atoms with Crippen LogP contribution < -0.4 is 5.32 Å². The van der Waals surface area contributed by atoms with Gasteiger partial charge >= 0.3 is 0 Å². The van der Waals surface area contributed by atoms with Gasteiger partial charge in [-0.05, 0) is 48.7 Å². The predicted octanol–water partition coefficient (Wildman–Crippen LogP) is 4.05. The van der Waals surface area contributed by atoms with Crippen molar-refractivity contribution in [2.75, 3.05) is 5.32 Å². The Kier molecular flexibility index (Phi) is 3.43. The van der Waals surface area contributed by atoms with Gasteiger partial charge in [-0.2, -0.15) is 0 Å². The molecule has 2 aromatic carbocycles. The van der Waals surface area contributed by atoms with Crippen LogP contribution in [0.2, 0.25) is 0 Å². The zero-order valence-electron chi connectivity index (χ0n) is 10.1. The Morgan fingerprint density at radius 3 is 2.65 bits per heavy atom. The van der Waals surface area contributed by atoms with Crippen LogP contribution in [0.5, 0.6) is 0 Å². The molecule has 0 aliphatic carbocycles. The number of benzene rings is 2. The normalized spacial score (nSPS) is 10.3. The molecular formula is C15H16FN. The minimum atomic E-state index is -0.190. The highest BCUT2D eigenvalue weighted by atomic mass is 19.1. The molecule has 0 saturated carbocycles. The molecule has 0 radical (unpaired) electrons. The van der Waals surface area contributed by atoms with Crippen molar-refractivity contribution in [3.05, 3.63) is 65.0 Å². The summed E-state index contributed by atoms with van der Waals surface area (Å²) in [5, 5.41) is 3.33. The Balaban J connectivity index is 2.09. The molecule has 0 amide bonds. The number of hydrogen-bond acceptors (Lipinski definition) is 1. The standard InChI is InChI=1S/C15H16FN/c1-11-6-7-12(2)15(8-11)17-10-13-4-3-5-14(16)9-13/h3-9,17H,10H2,1-2H3. The van der Waals surface area contributed by atoms with Crippen LogP contribution in [0.1, 0.15) is 16.7 Å². The van der Waals surface area contributed by atoms with Gasteiger partial charge in [-0.1, -0.05) is 24.3 Å². The zero-order valence-corrected chi connectivity index (χ0v) is 10.1. The summed E-state index contributed by atoms with van der Waals surface area (Å²) in [6.45, 7) is 4.77. The fraction of sp³-hybridized carbons (Fsp3) is 0.200. The smallest absolute Gasteiger partial charge is 0.123 e. The predicted molar refractivity (Wildman–Crippen MR) is 69.6 cm³/mol. The Labute approximate surface area is 101 Å². The van der Waals surface area contributed by atoms with Gasteiger partial charge < -0.3 is 5.32 Å². The lowest BCUT2D eigenvalue weighted by atomic mass is 10.1. The second-order valence-electron chi connectivity index (χ2n) is 4.30. The summed E-state index contributed by atoms with van der Waals surface area (Å²) < 4.78 is 13.0. The van der Waals surface area contributed by atoms with Crippen LogP contribution in [-0.2, 0) is 6.54 Å². The Morgan fingerprint density at radius 2 is 1.88 bits per heavy atom. The van der Waals surface area contributed by atoms with E-state index in [0.29, 0.717) is 6.54 Å². The maximum absolute atomic E-state index is 13.0. The number of rotatable bonds is 3. The minimum Gasteiger partial charge on any atom is -0.381 e. The summed E-state index contributed by atoms with van der Waals surface area (Å²) in [5.41, 5.74) is 4.48. The van der Waals surface area contributed by atoms with Gasteiger partial charge in [-0.25, -0.2) is 4.39 Å². The lowest BCUT2D eigenvalue weighted by Gasteiger charge is -2.10. The third-order valence-corrected chi connectivity index (χ3v) is 2.77. The van der Waals surface area contributed by atoms with Crippen LogP contribution in [0.25, 0.3) is 0 Å². The second kappa shape index (κ2) is 5.00. The second-order valence-corrected chi connectivity index (χ2v) is 4.30. The molecule has 88 valence electrons. The molecule has 0 saturated heterocycles. The summed E-state index contributed by atoms with van der Waals surface area (Å²) in [6, 6.07) is 12.9. The highest BCUT2D eigenvalue weighted by molar-refractivity contribution is 5.52. The van der Waals surface area contributed by atoms with Crippen LogP contribution in [-0.4, -0.2) is 0 Å². The van der Waals surface area contributed by atoms with E-state index in [9.17, 15) is 4.39 Å². The van der Waals surface area contributed by atoms with E-state index in [2.05, 4.69) is 37.4 Å². The van der Waals surface area contributed by atoms with Gasteiger partial charge in [-0.15, -0.1) is 0 Å². The summed E-state index contributed by atoms with van der Waals surface area (Å²) in [4.78, 5) is 0. The monoisotopic (exact) mass is 229 g/mol. The largest absolute Gasteiger partial charge is 0.381 e. The minimum absolute atomic E-state index is 0.190. The molecule has 2 heteroatoms. The van der Waals surface area contributed by atoms with Gasteiger partial charge in [0.2, 0.25) is 0 Å². The van der Waals surface area contributed by atoms with Crippen molar-refractivity contribution in [3.63, 3.8) is 0 Å². The van der Waals surface area contributed by atoms with E-state index in [1.807, 2.05) is 6.07 Å². The first-order chi connectivity index (χ1) is 8.15. The maximum atomic E-state index is 13.0. The van der Waals surface area contributed by atoms with Gasteiger partial charge in [0.1, 0.15) is 5.82 Å². The molecule has 0 aliphatic heterocycles. The molecule has 0 aliphatic rings. The topological polar surface area (TPSA) is 12.0 Å². The molecule has 0 heterocycles. The lowest BCUT2D eigenvalue weighted by Crippen LogP contribution is -2.01. The van der Waals surface area contributed by atoms with Gasteiger partial charge in [0.25, 0.3) is 0 Å². The van der Waals surface area contributed by atoms with Crippen molar-refractivity contribution >= 4 is 5.69 Å². The number of nitrogens with one attached hydrogen (secondary N) is 1. The maximum Gasteiger partial charge on any atom is 0.123 e. The number of hydrogen-bond donors (Lipinski definition) is 1. The van der Waals surface area contributed by atoms with Crippen LogP contribution in [0.4, 0.5) is 10.1 Å². The van der Waals surface area contributed by atoms with Crippen molar-refractivity contribution in [2.24, 2.45) is 0 Å². The van der Waals surface area contributed by atoms with Crippen LogP contribution in [0.3, 0.4) is 0 Å². The first-order valence-electron chi connectivity index (χ1n) is 5.71. The third-order valence-electron chi connectivity index (χ3n) is 2.77. The summed E-state index contributed by atoms with van der Waals surface area (Å²) in [7, 11) is 0. The molecule has 0 atom stereocenters. The van der Waals surface area contributed by atoms with E-state index in [1.165, 1.54) is 17.2 Å². The van der Waals surface area contributed by atoms with E-state index in [0.717, 1.165) is 11.3 Å². The van der Waals surface area contributed by atoms with E-state index >= 15 is 0 Å². The van der Waals surface area contributed by atoms with Gasteiger partial charge in [0, 0.05) is 12.2 Å². The van der Waals surface area contributed by atoms with Crippen LogP contribution in [0, 0.1) is 19.7 Å². The van der Waals surface area contributed by atoms with Gasteiger partial charge in [-0.3, -0.25) is 0 Å². The van der Waals surface area contributed by atoms with Crippen molar-refractivity contribution in [1.29, 1.82) is 0 Å². The highest BCUT2D eigenvalue weighted by Gasteiger charge is 1.99. The van der Waals surface area contributed by atoms with Crippen molar-refractivity contribution < 1.29 is 4.39 Å². The number of halogens is 1. The molecule has 1 N–H and O–H groups in total. The molecule has 0 unspecified atom stereocenters. The molecule has 0 aromatic heterocycles. The molecular weight excluding hydrogens is 213 g/mol. The van der Waals surface area contributed by atoms with E-state index in [1.54, 1.807) is 12.1 Å². The van der Waals surface area contributed by atoms with Crippen molar-refractivity contribution in [2.45, 2.75) is 20.4 Å². The first kappa shape index (κ1) is 11.6. The molecule has 0 bridgehead atoms. The van der Waals surface area contributed by atoms with E-state index in [-0.39, 0.29) is 5.82 Å². The molecule has 0 fully saturated rings. The summed E-state index contributed by atoms with van der Waals surface area (Å²) in [5.74, 6) is -0.190. The quantitative estimate of drug-likeness (QED) is 0.837. The average Bonchev–Trinajstić information content (AvgIpc) is 2.30. The van der Waals surface area contributed by atoms with Crippen LogP contribution in [0.15, 0.2) is 42.5 Å². The number of aryl methyl sites for hydroxylation is 2. The Morgan fingerprint density at radius 1 is 1.06 bits per heavy atom. The molecule has 2 aromatic rings. The van der Waals surface area contributed by atoms with E-state index < -0.39 is 0 Å². The third kappa shape index (κ3) is 3.06. The average molecular weight is 229 g/mol. The van der Waals surface area contributed by atoms with E-state index in [4.69, 9.17) is 0 Å². The molecule has 1 nitrogen and oxygen atoms in total. The summed E-state index contributed by atoms with van der Waals surface area (Å²) in [6.07, 6.45) is 0. The Bertz CT molecular complexity index is 520. The van der Waals surface area contributed by atoms with Gasteiger partial charge in [0.15, 0.2) is 0 Å². The molecule has 2 rings (SSSR count). The first-order valence-corrected chi connectivity index (χ1v) is 5.71. The zero-order chi connectivity index (χ0) is 12.3. The number of anilines is 1. The lowest BCUT2D eigenvalue weighted by molar-refractivity contribution is 0.626. The van der Waals surface area contributed by atoms with Gasteiger partial charge in [0.05, 0.1) is 0 Å². The van der Waals surface area contributed by atoms with Crippen LogP contribution >= 0.6 is 0 Å².